The second kappa shape index (κ2) is 110. The average molecular weight is 77.1 g/mol. The molecule has 0 fully saturated rings. The number of hydrogen-bond donors (Lipinski definition) is 2. The molecule has 5 heavy (non-hydrogen) atoms. The summed E-state index contributed by atoms with van der Waals surface area (Å²) in [5, 5.41) is 7.00. The van der Waals surface area contributed by atoms with Gasteiger partial charge in [0.25, 0.3) is 0 Å². The minimum absolute atomic E-state index is 0.250. The molecule has 0 radical (unpaired) electrons. The normalized spacial score (nSPS) is 3.60. The Morgan fingerprint density at radius 2 is 1.80 bits per heavy atom. The Morgan fingerprint density at radius 3 is 1.80 bits per heavy atom. The van der Waals surface area contributed by atoms with E-state index in [0.29, 0.717) is 0 Å². The first kappa shape index (κ1) is 8.83. The summed E-state index contributed by atoms with van der Waals surface area (Å²) >= 11 is 0. The lowest BCUT2D eigenvalue weighted by atomic mass is 11.5. The van der Waals surface area contributed by atoms with E-state index in [1.165, 1.54) is 0 Å². The first-order valence-electron chi connectivity index (χ1n) is 1.02. The minimum atomic E-state index is 0.250. The van der Waals surface area contributed by atoms with Crippen molar-refractivity contribution >= 4 is 6.41 Å². The summed E-state index contributed by atoms with van der Waals surface area (Å²) in [6.07, 6.45) is 0.250. The summed E-state index contributed by atoms with van der Waals surface area (Å²) in [5.74, 6) is 0. The Labute approximate surface area is 30.4 Å². The van der Waals surface area contributed by atoms with Crippen molar-refractivity contribution in [2.45, 2.75) is 0 Å². The van der Waals surface area contributed by atoms with Gasteiger partial charge in [-0.25, -0.2) is 0 Å². The van der Waals surface area contributed by atoms with Crippen LogP contribution in [-0.4, -0.2) is 18.6 Å². The third-order valence-corrected chi connectivity index (χ3v) is 0. The summed E-state index contributed by atoms with van der Waals surface area (Å²) in [6.45, 7) is 0. The van der Waals surface area contributed by atoms with Gasteiger partial charge in [-0.3, -0.25) is 4.79 Å². The summed E-state index contributed by atoms with van der Waals surface area (Å²) in [6, 6.07) is 0. The lowest BCUT2D eigenvalue weighted by molar-refractivity contribution is -0.106. The maximum atomic E-state index is 8.58. The van der Waals surface area contributed by atoms with Crippen LogP contribution in [0.4, 0.5) is 0 Å². The van der Waals surface area contributed by atoms with Gasteiger partial charge in [0, 0.05) is 7.11 Å². The van der Waals surface area contributed by atoms with Crippen LogP contribution in [0.15, 0.2) is 0 Å². The Hall–Kier alpha value is -0.570. The molecular formula is C2H7NO2. The molecule has 1 amide bonds. The number of rotatable bonds is 0. The highest BCUT2D eigenvalue weighted by Crippen LogP contribution is 0.799. The van der Waals surface area contributed by atoms with E-state index in [1.54, 1.807) is 0 Å². The molecule has 0 bridgehead atoms. The topological polar surface area (TPSA) is 63.3 Å². The predicted octanol–water partition coefficient (Wildman–Crippen LogP) is -1.29. The van der Waals surface area contributed by atoms with Crippen molar-refractivity contribution in [3.05, 3.63) is 0 Å². The quantitative estimate of drug-likeness (QED) is 0.353. The third kappa shape index (κ3) is 21.6. The molecule has 3 N–H and O–H groups in total. The summed E-state index contributed by atoms with van der Waals surface area (Å²) in [5.41, 5.74) is 4.17. The maximum absolute atomic E-state index is 8.58. The summed E-state index contributed by atoms with van der Waals surface area (Å²) in [4.78, 5) is 8.58. The molecule has 0 aliphatic heterocycles. The van der Waals surface area contributed by atoms with Gasteiger partial charge in [-0.15, -0.1) is 0 Å². The molecule has 0 rings (SSSR count). The molecule has 0 aliphatic rings. The van der Waals surface area contributed by atoms with E-state index in [-0.39, 0.29) is 6.41 Å². The number of carbonyl (C=O) groups excluding carboxylic acids is 1. The highest BCUT2D eigenvalue weighted by Gasteiger charge is 1.19. The van der Waals surface area contributed by atoms with Crippen LogP contribution in [0.3, 0.4) is 0 Å². The highest BCUT2D eigenvalue weighted by atomic mass is 16.2. The third-order valence-electron chi connectivity index (χ3n) is 0. The Balaban J connectivity index is 0. The van der Waals surface area contributed by atoms with Gasteiger partial charge in [-0.05, 0) is 0 Å². The molecule has 0 saturated heterocycles. The van der Waals surface area contributed by atoms with Crippen LogP contribution >= 0.6 is 0 Å². The van der Waals surface area contributed by atoms with Crippen molar-refractivity contribution in [1.29, 1.82) is 0 Å². The zero-order valence-electron chi connectivity index (χ0n) is 3.01. The van der Waals surface area contributed by atoms with Crippen molar-refractivity contribution in [1.82, 2.24) is 0 Å². The molecule has 3 heteroatoms. The van der Waals surface area contributed by atoms with E-state index in [2.05, 4.69) is 5.73 Å². The van der Waals surface area contributed by atoms with E-state index in [0.717, 1.165) is 7.11 Å². The van der Waals surface area contributed by atoms with Crippen molar-refractivity contribution in [3.8, 4) is 0 Å². The molecule has 32 valence electrons. The molecule has 0 aromatic heterocycles. The monoisotopic (exact) mass is 77.0 g/mol. The number of hydrogen-bond acceptors (Lipinski definition) is 2. The van der Waals surface area contributed by atoms with Gasteiger partial charge in [-0.2, -0.15) is 0 Å². The maximum Gasteiger partial charge on any atom is 0.204 e. The van der Waals surface area contributed by atoms with Gasteiger partial charge in [0.05, 0.1) is 0 Å². The molecule has 0 saturated carbocycles. The van der Waals surface area contributed by atoms with E-state index < -0.39 is 0 Å². The fourth-order valence-electron chi connectivity index (χ4n) is 0. The van der Waals surface area contributed by atoms with Crippen molar-refractivity contribution < 1.29 is 9.90 Å². The SMILES string of the molecule is CO.NC=O. The Kier molecular flexibility index (Phi) is 193. The van der Waals surface area contributed by atoms with Gasteiger partial charge in [0.15, 0.2) is 0 Å². The van der Waals surface area contributed by atoms with Gasteiger partial charge in [0.1, 0.15) is 0 Å². The molecule has 3 nitrogen and oxygen atoms in total. The number of primary amides is 1. The summed E-state index contributed by atoms with van der Waals surface area (Å²) < 4.78 is 0. The van der Waals surface area contributed by atoms with Crippen LogP contribution in [0.25, 0.3) is 0 Å². The molecule has 0 aromatic carbocycles. The number of aliphatic hydroxyl groups is 1. The van der Waals surface area contributed by atoms with E-state index in [4.69, 9.17) is 9.90 Å². The molecule has 0 aliphatic carbocycles. The van der Waals surface area contributed by atoms with Crippen LogP contribution in [0.1, 0.15) is 0 Å². The molecular weight excluding hydrogens is 70.0 g/mol. The molecule has 0 spiro atoms. The first-order valence-corrected chi connectivity index (χ1v) is 1.02. The van der Waals surface area contributed by atoms with Crippen molar-refractivity contribution in [2.24, 2.45) is 5.73 Å². The van der Waals surface area contributed by atoms with Crippen molar-refractivity contribution in [2.75, 3.05) is 7.11 Å². The molecule has 0 unspecified atom stereocenters. The van der Waals surface area contributed by atoms with E-state index in [1.807, 2.05) is 0 Å². The van der Waals surface area contributed by atoms with Crippen LogP contribution in [-0.2, 0) is 4.79 Å². The average Bonchev–Trinajstić information content (AvgIpc) is 1.46. The molecule has 0 aromatic rings. The second-order valence-electron chi connectivity index (χ2n) is 0.136. The standard InChI is InChI=1S/CH3NO.CH4O/c2-1-3;1-2/h1H,(H2,2,3);2H,1H3. The fourth-order valence-corrected chi connectivity index (χ4v) is 0. The number of amides is 1. The van der Waals surface area contributed by atoms with Gasteiger partial charge < -0.3 is 10.8 Å². The van der Waals surface area contributed by atoms with Crippen LogP contribution in [0.2, 0.25) is 0 Å². The lowest BCUT2D eigenvalue weighted by Crippen LogP contribution is -1.82. The van der Waals surface area contributed by atoms with E-state index in [9.17, 15) is 0 Å². The molecule has 0 heterocycles. The van der Waals surface area contributed by atoms with Gasteiger partial charge in [-0.1, -0.05) is 0 Å². The zero-order chi connectivity index (χ0) is 4.71. The number of carbonyl (C=O) groups is 1. The van der Waals surface area contributed by atoms with Crippen molar-refractivity contribution in [3.63, 3.8) is 0 Å². The molecule has 0 atom stereocenters. The smallest absolute Gasteiger partial charge is 0.204 e. The van der Waals surface area contributed by atoms with Crippen LogP contribution < -0.4 is 5.73 Å². The fraction of sp³-hybridized carbons (Fsp3) is 0.500. The minimum Gasteiger partial charge on any atom is -0.400 e. The summed E-state index contributed by atoms with van der Waals surface area (Å²) in [7, 11) is 1.00. The van der Waals surface area contributed by atoms with Gasteiger partial charge >= 0.3 is 0 Å². The first-order chi connectivity index (χ1) is 2.41. The largest absolute Gasteiger partial charge is 0.400 e. The van der Waals surface area contributed by atoms with Crippen LogP contribution in [0.5, 0.6) is 0 Å². The van der Waals surface area contributed by atoms with E-state index >= 15 is 0 Å². The Morgan fingerprint density at radius 1 is 1.80 bits per heavy atom. The zero-order valence-corrected chi connectivity index (χ0v) is 3.01. The number of nitrogens with two attached hydrogens (primary N) is 1. The van der Waals surface area contributed by atoms with Crippen LogP contribution in [0, 0.1) is 0 Å². The predicted molar refractivity (Wildman–Crippen MR) is 18.4 cm³/mol. The number of aliphatic hydroxyl groups excluding tert-OH is 1. The highest BCUT2D eigenvalue weighted by molar-refractivity contribution is 5.42. The van der Waals surface area contributed by atoms with Gasteiger partial charge in [0.2, 0.25) is 6.41 Å². The lowest BCUT2D eigenvalue weighted by Gasteiger charge is -1.32. The second-order valence-corrected chi connectivity index (χ2v) is 0.136. The Bertz CT molecular complexity index is 15.1.